The van der Waals surface area contributed by atoms with Crippen molar-refractivity contribution in [1.82, 2.24) is 0 Å². The van der Waals surface area contributed by atoms with Gasteiger partial charge in [0.15, 0.2) is 0 Å². The second-order valence-corrected chi connectivity index (χ2v) is 3.69. The minimum absolute atomic E-state index is 0.430. The molecule has 0 aromatic carbocycles. The van der Waals surface area contributed by atoms with E-state index in [2.05, 4.69) is 25.3 Å². The summed E-state index contributed by atoms with van der Waals surface area (Å²) in [4.78, 5) is 0. The Balaban J connectivity index is 2.76. The van der Waals surface area contributed by atoms with Crippen molar-refractivity contribution in [3.8, 4) is 0 Å². The van der Waals surface area contributed by atoms with Crippen molar-refractivity contribution in [2.75, 3.05) is 31.5 Å². The zero-order valence-electron chi connectivity index (χ0n) is 8.07. The first-order valence-corrected chi connectivity index (χ1v) is 6.05. The molecular formula is C9H20O2S2. The van der Waals surface area contributed by atoms with Gasteiger partial charge in [-0.15, -0.1) is 0 Å². The van der Waals surface area contributed by atoms with E-state index >= 15 is 0 Å². The third-order valence-electron chi connectivity index (χ3n) is 1.56. The molecule has 0 spiro atoms. The maximum Gasteiger partial charge on any atom is 0.146 e. The van der Waals surface area contributed by atoms with Crippen LogP contribution in [0.1, 0.15) is 25.7 Å². The van der Waals surface area contributed by atoms with E-state index in [4.69, 9.17) is 9.47 Å². The Morgan fingerprint density at radius 3 is 1.54 bits per heavy atom. The van der Waals surface area contributed by atoms with E-state index in [1.807, 2.05) is 0 Å². The van der Waals surface area contributed by atoms with E-state index in [1.54, 1.807) is 0 Å². The average molecular weight is 224 g/mol. The first kappa shape index (κ1) is 13.6. The van der Waals surface area contributed by atoms with Crippen LogP contribution in [-0.4, -0.2) is 31.5 Å². The Labute approximate surface area is 92.2 Å². The van der Waals surface area contributed by atoms with Gasteiger partial charge in [-0.1, -0.05) is 0 Å². The summed E-state index contributed by atoms with van der Waals surface area (Å²) in [5.41, 5.74) is 0. The maximum atomic E-state index is 5.24. The van der Waals surface area contributed by atoms with Gasteiger partial charge in [0.05, 0.1) is 0 Å². The zero-order valence-corrected chi connectivity index (χ0v) is 9.86. The van der Waals surface area contributed by atoms with Crippen LogP contribution < -0.4 is 0 Å². The Bertz CT molecular complexity index is 81.7. The molecular weight excluding hydrogens is 204 g/mol. The fraction of sp³-hybridized carbons (Fsp3) is 1.00. The Morgan fingerprint density at radius 1 is 0.692 bits per heavy atom. The van der Waals surface area contributed by atoms with Gasteiger partial charge in [-0.05, 0) is 37.2 Å². The third-order valence-corrected chi connectivity index (χ3v) is 2.19. The van der Waals surface area contributed by atoms with Crippen molar-refractivity contribution in [2.45, 2.75) is 25.7 Å². The lowest BCUT2D eigenvalue weighted by Gasteiger charge is -2.04. The van der Waals surface area contributed by atoms with E-state index in [1.165, 1.54) is 0 Å². The number of hydrogen-bond donors (Lipinski definition) is 2. The van der Waals surface area contributed by atoms with Crippen LogP contribution in [0.4, 0.5) is 0 Å². The summed E-state index contributed by atoms with van der Waals surface area (Å²) in [6, 6.07) is 0. The summed E-state index contributed by atoms with van der Waals surface area (Å²) in [5.74, 6) is 1.87. The number of rotatable bonds is 10. The molecule has 0 atom stereocenters. The summed E-state index contributed by atoms with van der Waals surface area (Å²) in [6.07, 6.45) is 4.37. The normalized spacial score (nSPS) is 10.6. The summed E-state index contributed by atoms with van der Waals surface area (Å²) in [7, 11) is 0. The Hall–Kier alpha value is 0.620. The molecule has 0 amide bonds. The zero-order chi connectivity index (χ0) is 9.78. The monoisotopic (exact) mass is 224 g/mol. The number of thiol groups is 2. The lowest BCUT2D eigenvalue weighted by atomic mass is 10.4. The van der Waals surface area contributed by atoms with Gasteiger partial charge in [-0.3, -0.25) is 0 Å². The van der Waals surface area contributed by atoms with Crippen LogP contribution in [0.5, 0.6) is 0 Å². The van der Waals surface area contributed by atoms with E-state index in [0.29, 0.717) is 6.79 Å². The summed E-state index contributed by atoms with van der Waals surface area (Å²) >= 11 is 8.22. The smallest absolute Gasteiger partial charge is 0.146 e. The van der Waals surface area contributed by atoms with Crippen LogP contribution in [0, 0.1) is 0 Å². The second kappa shape index (κ2) is 12.6. The highest BCUT2D eigenvalue weighted by atomic mass is 32.1. The first-order chi connectivity index (χ1) is 6.41. The minimum atomic E-state index is 0.430. The fourth-order valence-electron chi connectivity index (χ4n) is 0.809. The standard InChI is InChI=1S/C9H20O2S2/c12-7-3-1-5-10-9-11-6-2-4-8-13/h12-13H,1-9H2. The van der Waals surface area contributed by atoms with E-state index < -0.39 is 0 Å². The predicted octanol–water partition coefficient (Wildman–Crippen LogP) is 2.40. The quantitative estimate of drug-likeness (QED) is 0.337. The van der Waals surface area contributed by atoms with Crippen molar-refractivity contribution < 1.29 is 9.47 Å². The molecule has 2 nitrogen and oxygen atoms in total. The van der Waals surface area contributed by atoms with Crippen LogP contribution in [-0.2, 0) is 9.47 Å². The van der Waals surface area contributed by atoms with Crippen LogP contribution >= 0.6 is 25.3 Å². The minimum Gasteiger partial charge on any atom is -0.355 e. The molecule has 13 heavy (non-hydrogen) atoms. The van der Waals surface area contributed by atoms with Gasteiger partial charge < -0.3 is 9.47 Å². The molecule has 80 valence electrons. The topological polar surface area (TPSA) is 18.5 Å². The highest BCUT2D eigenvalue weighted by Crippen LogP contribution is 1.94. The van der Waals surface area contributed by atoms with Crippen molar-refractivity contribution in [3.63, 3.8) is 0 Å². The number of unbranched alkanes of at least 4 members (excludes halogenated alkanes) is 2. The number of hydrogen-bond acceptors (Lipinski definition) is 4. The predicted molar refractivity (Wildman–Crippen MR) is 62.9 cm³/mol. The Kier molecular flexibility index (Phi) is 13.2. The van der Waals surface area contributed by atoms with Crippen LogP contribution in [0.25, 0.3) is 0 Å². The van der Waals surface area contributed by atoms with Gasteiger partial charge in [0, 0.05) is 13.2 Å². The van der Waals surface area contributed by atoms with E-state index in [-0.39, 0.29) is 0 Å². The van der Waals surface area contributed by atoms with Crippen molar-refractivity contribution in [2.24, 2.45) is 0 Å². The van der Waals surface area contributed by atoms with Gasteiger partial charge in [0.1, 0.15) is 6.79 Å². The second-order valence-electron chi connectivity index (χ2n) is 2.80. The van der Waals surface area contributed by atoms with Gasteiger partial charge >= 0.3 is 0 Å². The highest BCUT2D eigenvalue weighted by molar-refractivity contribution is 7.80. The molecule has 0 aliphatic carbocycles. The number of ether oxygens (including phenoxy) is 2. The Morgan fingerprint density at radius 2 is 1.15 bits per heavy atom. The molecule has 0 unspecified atom stereocenters. The molecule has 0 saturated heterocycles. The SMILES string of the molecule is SCCCCOCOCCCCS. The molecule has 0 aliphatic heterocycles. The van der Waals surface area contributed by atoms with E-state index in [0.717, 1.165) is 50.4 Å². The summed E-state index contributed by atoms with van der Waals surface area (Å²) < 4.78 is 10.5. The first-order valence-electron chi connectivity index (χ1n) is 4.79. The van der Waals surface area contributed by atoms with Gasteiger partial charge in [0.25, 0.3) is 0 Å². The maximum absolute atomic E-state index is 5.24. The summed E-state index contributed by atoms with van der Waals surface area (Å²) in [6.45, 7) is 2.00. The van der Waals surface area contributed by atoms with E-state index in [9.17, 15) is 0 Å². The molecule has 0 heterocycles. The largest absolute Gasteiger partial charge is 0.355 e. The molecule has 0 aliphatic rings. The van der Waals surface area contributed by atoms with Crippen LogP contribution in [0.3, 0.4) is 0 Å². The average Bonchev–Trinajstić information content (AvgIpc) is 2.16. The molecule has 0 aromatic rings. The lowest BCUT2D eigenvalue weighted by Crippen LogP contribution is -2.03. The van der Waals surface area contributed by atoms with Gasteiger partial charge in [-0.25, -0.2) is 0 Å². The van der Waals surface area contributed by atoms with Gasteiger partial charge in [0.2, 0.25) is 0 Å². The van der Waals surface area contributed by atoms with Crippen LogP contribution in [0.15, 0.2) is 0 Å². The van der Waals surface area contributed by atoms with Crippen LogP contribution in [0.2, 0.25) is 0 Å². The van der Waals surface area contributed by atoms with Crippen molar-refractivity contribution >= 4 is 25.3 Å². The van der Waals surface area contributed by atoms with Gasteiger partial charge in [-0.2, -0.15) is 25.3 Å². The third kappa shape index (κ3) is 12.6. The molecule has 0 rings (SSSR count). The molecule has 0 aromatic heterocycles. The molecule has 0 radical (unpaired) electrons. The summed E-state index contributed by atoms with van der Waals surface area (Å²) in [5, 5.41) is 0. The molecule has 0 bridgehead atoms. The van der Waals surface area contributed by atoms with Crippen molar-refractivity contribution in [1.29, 1.82) is 0 Å². The molecule has 0 saturated carbocycles. The molecule has 0 N–H and O–H groups in total. The highest BCUT2D eigenvalue weighted by Gasteiger charge is 1.89. The lowest BCUT2D eigenvalue weighted by molar-refractivity contribution is -0.0549. The van der Waals surface area contributed by atoms with Crippen molar-refractivity contribution in [3.05, 3.63) is 0 Å². The fourth-order valence-corrected chi connectivity index (χ4v) is 1.26. The molecule has 0 fully saturated rings. The molecule has 4 heteroatoms.